The van der Waals surface area contributed by atoms with Crippen LogP contribution in [0.25, 0.3) is 0 Å². The molecule has 2 N–H and O–H groups in total. The Hall–Kier alpha value is -3.67. The number of alkyl halides is 3. The summed E-state index contributed by atoms with van der Waals surface area (Å²) in [6, 6.07) is 11.0. The molecule has 3 aromatic rings. The number of hydrogen-bond donors (Lipinski definition) is 2. The van der Waals surface area contributed by atoms with Crippen LogP contribution in [-0.4, -0.2) is 48.6 Å². The van der Waals surface area contributed by atoms with Gasteiger partial charge < -0.3 is 29.2 Å². The number of nitrogens with zero attached hydrogens (tertiary/aromatic N) is 1. The van der Waals surface area contributed by atoms with Crippen molar-refractivity contribution in [3.8, 4) is 11.5 Å². The van der Waals surface area contributed by atoms with Gasteiger partial charge in [-0.1, -0.05) is 36.4 Å². The zero-order valence-corrected chi connectivity index (χ0v) is 21.2. The summed E-state index contributed by atoms with van der Waals surface area (Å²) < 4.78 is 62.6. The van der Waals surface area contributed by atoms with E-state index in [1.807, 2.05) is 0 Å². The van der Waals surface area contributed by atoms with Gasteiger partial charge in [-0.25, -0.2) is 0 Å². The van der Waals surface area contributed by atoms with Gasteiger partial charge in [-0.3, -0.25) is 9.78 Å². The fraction of sp³-hybridized carbons (Fsp3) is 0.357. The first kappa shape index (κ1) is 26.9. The summed E-state index contributed by atoms with van der Waals surface area (Å²) in [5.74, 6) is -3.23. The predicted molar refractivity (Wildman–Crippen MR) is 130 cm³/mol. The Morgan fingerprint density at radius 1 is 1.10 bits per heavy atom. The van der Waals surface area contributed by atoms with Crippen molar-refractivity contribution in [2.24, 2.45) is 5.92 Å². The summed E-state index contributed by atoms with van der Waals surface area (Å²) in [5, 5.41) is 24.4. The first-order valence-corrected chi connectivity index (χ1v) is 12.0. The number of halogens is 3. The molecule has 0 saturated heterocycles. The van der Waals surface area contributed by atoms with Gasteiger partial charge in [0.2, 0.25) is 0 Å². The Morgan fingerprint density at radius 3 is 2.44 bits per heavy atom. The molecule has 5 atom stereocenters. The van der Waals surface area contributed by atoms with E-state index in [0.717, 1.165) is 24.8 Å². The molecule has 1 saturated carbocycles. The molecule has 2 aromatic carbocycles. The summed E-state index contributed by atoms with van der Waals surface area (Å²) in [4.78, 5) is 17.3. The number of aliphatic hydroxyl groups is 2. The number of hydrogen-bond acceptors (Lipinski definition) is 8. The van der Waals surface area contributed by atoms with Gasteiger partial charge in [0.25, 0.3) is 0 Å². The molecule has 2 heterocycles. The Bertz CT molecular complexity index is 1400. The lowest BCUT2D eigenvalue weighted by molar-refractivity contribution is -0.161. The number of ether oxygens (including phenoxy) is 4. The van der Waals surface area contributed by atoms with Gasteiger partial charge in [0.1, 0.15) is 17.6 Å². The summed E-state index contributed by atoms with van der Waals surface area (Å²) in [5.41, 5.74) is -3.95. The minimum Gasteiger partial charge on any atom is -0.495 e. The van der Waals surface area contributed by atoms with E-state index in [9.17, 15) is 28.2 Å². The summed E-state index contributed by atoms with van der Waals surface area (Å²) in [7, 11) is 4.00. The molecule has 206 valence electrons. The van der Waals surface area contributed by atoms with Gasteiger partial charge in [0, 0.05) is 13.0 Å². The zero-order valence-electron chi connectivity index (χ0n) is 21.2. The third kappa shape index (κ3) is 3.79. The van der Waals surface area contributed by atoms with Crippen LogP contribution in [0, 0.1) is 5.92 Å². The van der Waals surface area contributed by atoms with E-state index in [0.29, 0.717) is 5.56 Å². The van der Waals surface area contributed by atoms with Crippen LogP contribution >= 0.6 is 0 Å². The van der Waals surface area contributed by atoms with E-state index in [4.69, 9.17) is 18.9 Å². The molecule has 1 aliphatic carbocycles. The highest BCUT2D eigenvalue weighted by Gasteiger charge is 2.78. The molecular weight excluding hydrogens is 519 g/mol. The van der Waals surface area contributed by atoms with Gasteiger partial charge in [-0.05, 0) is 28.8 Å². The van der Waals surface area contributed by atoms with Crippen molar-refractivity contribution in [2.45, 2.75) is 36.0 Å². The van der Waals surface area contributed by atoms with E-state index in [1.54, 1.807) is 24.3 Å². The lowest BCUT2D eigenvalue weighted by atomic mass is 9.70. The number of carbonyl (C=O) groups is 1. The maximum absolute atomic E-state index is 13.5. The molecular formula is C28H26F3NO7. The SMILES string of the molecule is COCc1cccc([C@@H]2[C@@H](C(=O)OC)[C@@H](O)[C@@]3(O)c4c(OC)cncc4O[C@@]23c2ccc(C(F)(F)F)cc2)c1. The average Bonchev–Trinajstić information content (AvgIpc) is 3.31. The van der Waals surface area contributed by atoms with Crippen molar-refractivity contribution in [3.05, 3.63) is 88.7 Å². The second-order valence-corrected chi connectivity index (χ2v) is 9.54. The molecule has 11 heteroatoms. The highest BCUT2D eigenvalue weighted by molar-refractivity contribution is 5.78. The van der Waals surface area contributed by atoms with Crippen molar-refractivity contribution < 1.29 is 47.1 Å². The second kappa shape index (κ2) is 9.51. The van der Waals surface area contributed by atoms with Gasteiger partial charge in [-0.15, -0.1) is 0 Å². The van der Waals surface area contributed by atoms with Gasteiger partial charge in [0.05, 0.1) is 50.3 Å². The van der Waals surface area contributed by atoms with Crippen molar-refractivity contribution in [1.82, 2.24) is 4.98 Å². The number of rotatable bonds is 6. The lowest BCUT2D eigenvalue weighted by Crippen LogP contribution is -2.52. The molecule has 1 aliphatic heterocycles. The molecule has 0 bridgehead atoms. The number of fused-ring (bicyclic) bond motifs is 3. The third-order valence-electron chi connectivity index (χ3n) is 7.62. The van der Waals surface area contributed by atoms with Gasteiger partial charge >= 0.3 is 12.1 Å². The zero-order chi connectivity index (χ0) is 28.2. The van der Waals surface area contributed by atoms with E-state index in [2.05, 4.69) is 4.98 Å². The first-order valence-electron chi connectivity index (χ1n) is 12.0. The van der Waals surface area contributed by atoms with Crippen LogP contribution in [0.5, 0.6) is 11.5 Å². The quantitative estimate of drug-likeness (QED) is 0.452. The predicted octanol–water partition coefficient (Wildman–Crippen LogP) is 3.68. The molecule has 1 aromatic heterocycles. The second-order valence-electron chi connectivity index (χ2n) is 9.54. The van der Waals surface area contributed by atoms with Crippen LogP contribution in [0.15, 0.2) is 60.9 Å². The fourth-order valence-corrected chi connectivity index (χ4v) is 6.08. The van der Waals surface area contributed by atoms with Crippen molar-refractivity contribution in [3.63, 3.8) is 0 Å². The molecule has 5 rings (SSSR count). The largest absolute Gasteiger partial charge is 0.495 e. The van der Waals surface area contributed by atoms with Crippen molar-refractivity contribution in [1.29, 1.82) is 0 Å². The molecule has 0 radical (unpaired) electrons. The maximum atomic E-state index is 13.5. The third-order valence-corrected chi connectivity index (χ3v) is 7.62. The molecule has 39 heavy (non-hydrogen) atoms. The van der Waals surface area contributed by atoms with E-state index >= 15 is 0 Å². The standard InChI is InChI=1S/C28H26F3NO7/c1-36-14-15-5-4-6-16(11-15)22-21(25(34)38-3)24(33)26(35)23-19(37-2)12-32-13-20(23)39-27(22,26)17-7-9-18(10-8-17)28(29,30)31/h4-13,21-22,24,33,35H,14H2,1-3H3/t21-,22-,24-,26+,27+/m1/s1. The number of methoxy groups -OCH3 is 3. The monoisotopic (exact) mass is 545 g/mol. The van der Waals surface area contributed by atoms with Crippen LogP contribution in [0.2, 0.25) is 0 Å². The van der Waals surface area contributed by atoms with Gasteiger partial charge in [-0.2, -0.15) is 13.2 Å². The number of carbonyl (C=O) groups excluding carboxylic acids is 1. The van der Waals surface area contributed by atoms with Crippen LogP contribution in [0.4, 0.5) is 13.2 Å². The number of esters is 1. The Labute approximate surface area is 221 Å². The topological polar surface area (TPSA) is 107 Å². The number of pyridine rings is 1. The van der Waals surface area contributed by atoms with Crippen LogP contribution in [0.1, 0.15) is 33.7 Å². The minimum atomic E-state index is -4.61. The van der Waals surface area contributed by atoms with Gasteiger partial charge in [0.15, 0.2) is 11.2 Å². The molecule has 0 amide bonds. The van der Waals surface area contributed by atoms with Crippen LogP contribution < -0.4 is 9.47 Å². The summed E-state index contributed by atoms with van der Waals surface area (Å²) >= 11 is 0. The highest BCUT2D eigenvalue weighted by Crippen LogP contribution is 2.69. The van der Waals surface area contributed by atoms with E-state index in [-0.39, 0.29) is 29.2 Å². The number of aliphatic hydroxyl groups excluding tert-OH is 1. The summed E-state index contributed by atoms with van der Waals surface area (Å²) in [6.45, 7) is 0.225. The molecule has 8 nitrogen and oxygen atoms in total. The van der Waals surface area contributed by atoms with Crippen molar-refractivity contribution in [2.75, 3.05) is 21.3 Å². The Morgan fingerprint density at radius 2 is 1.82 bits per heavy atom. The molecule has 1 fully saturated rings. The lowest BCUT2D eigenvalue weighted by Gasteiger charge is -2.41. The number of benzene rings is 2. The smallest absolute Gasteiger partial charge is 0.416 e. The highest BCUT2D eigenvalue weighted by atomic mass is 19.4. The first-order chi connectivity index (χ1) is 18.5. The molecule has 0 unspecified atom stereocenters. The molecule has 2 aliphatic rings. The Balaban J connectivity index is 1.85. The average molecular weight is 546 g/mol. The van der Waals surface area contributed by atoms with E-state index in [1.165, 1.54) is 38.7 Å². The normalized spacial score (nSPS) is 27.4. The van der Waals surface area contributed by atoms with Crippen LogP contribution in [-0.2, 0) is 38.3 Å². The maximum Gasteiger partial charge on any atom is 0.416 e. The summed E-state index contributed by atoms with van der Waals surface area (Å²) in [6.07, 6.45) is -3.80. The Kier molecular flexibility index (Phi) is 6.56. The van der Waals surface area contributed by atoms with Crippen molar-refractivity contribution >= 4 is 5.97 Å². The number of aromatic nitrogens is 1. The minimum absolute atomic E-state index is 0.0249. The molecule has 0 spiro atoms. The van der Waals surface area contributed by atoms with E-state index < -0.39 is 46.9 Å². The fourth-order valence-electron chi connectivity index (χ4n) is 6.08. The van der Waals surface area contributed by atoms with Crippen LogP contribution in [0.3, 0.4) is 0 Å².